The van der Waals surface area contributed by atoms with Gasteiger partial charge in [-0.2, -0.15) is 0 Å². The molecule has 0 bridgehead atoms. The Morgan fingerprint density at radius 3 is 2.75 bits per heavy atom. The number of rotatable bonds is 6. The van der Waals surface area contributed by atoms with E-state index in [1.807, 2.05) is 0 Å². The molecule has 1 saturated carbocycles. The van der Waals surface area contributed by atoms with Crippen molar-refractivity contribution >= 4 is 34.0 Å². The molecular formula is C22H27ClN2O3. The van der Waals surface area contributed by atoms with Crippen LogP contribution in [0.1, 0.15) is 36.0 Å². The van der Waals surface area contributed by atoms with E-state index >= 15 is 0 Å². The summed E-state index contributed by atoms with van der Waals surface area (Å²) in [6.45, 7) is 5.48. The largest absolute Gasteiger partial charge is 0.463 e. The maximum Gasteiger partial charge on any atom is 0.166 e. The van der Waals surface area contributed by atoms with Crippen LogP contribution in [0.15, 0.2) is 22.8 Å². The number of furan rings is 1. The van der Waals surface area contributed by atoms with Crippen molar-refractivity contribution in [3.63, 3.8) is 0 Å². The highest BCUT2D eigenvalue weighted by Gasteiger charge is 2.54. The van der Waals surface area contributed by atoms with Crippen molar-refractivity contribution in [3.8, 4) is 0 Å². The number of fused-ring (bicyclic) bond motifs is 2. The van der Waals surface area contributed by atoms with Crippen molar-refractivity contribution in [2.75, 3.05) is 38.6 Å². The molecule has 5 rings (SSSR count). The summed E-state index contributed by atoms with van der Waals surface area (Å²) >= 11 is 6.21. The molecule has 3 heterocycles. The minimum Gasteiger partial charge on any atom is -0.463 e. The van der Waals surface area contributed by atoms with E-state index in [-0.39, 0.29) is 5.78 Å². The number of carbonyl (C=O) groups excluding carboxylic acids is 1. The standard InChI is InChI=1S/C22H27ClN2O3/c23-19-9-16(22-15(21(19)24)5-8-28-22)20(26)2-1-14-17-11-25(12-18(14)17)10-13-3-6-27-7-4-13/h5,8-9,13-14,17-18H,1-4,6-7,10-12,24H2. The second-order valence-electron chi connectivity index (χ2n) is 8.71. The van der Waals surface area contributed by atoms with Crippen LogP contribution in [0.4, 0.5) is 5.69 Å². The number of hydrogen-bond acceptors (Lipinski definition) is 5. The Balaban J connectivity index is 1.14. The van der Waals surface area contributed by atoms with E-state index in [4.69, 9.17) is 26.5 Å². The van der Waals surface area contributed by atoms with E-state index in [1.165, 1.54) is 32.5 Å². The van der Waals surface area contributed by atoms with Crippen LogP contribution in [0, 0.1) is 23.7 Å². The number of hydrogen-bond donors (Lipinski definition) is 1. The number of piperidine rings is 1. The normalized spacial score (nSPS) is 28.0. The Labute approximate surface area is 170 Å². The first-order chi connectivity index (χ1) is 13.6. The highest BCUT2D eigenvalue weighted by Crippen LogP contribution is 2.54. The summed E-state index contributed by atoms with van der Waals surface area (Å²) in [4.78, 5) is 15.5. The van der Waals surface area contributed by atoms with Crippen LogP contribution in [0.25, 0.3) is 11.0 Å². The smallest absolute Gasteiger partial charge is 0.166 e. The molecule has 150 valence electrons. The van der Waals surface area contributed by atoms with Crippen molar-refractivity contribution in [2.45, 2.75) is 25.7 Å². The zero-order valence-electron chi connectivity index (χ0n) is 16.0. The van der Waals surface area contributed by atoms with E-state index < -0.39 is 0 Å². The Hall–Kier alpha value is -1.56. The van der Waals surface area contributed by atoms with E-state index in [0.29, 0.717) is 34.2 Å². The van der Waals surface area contributed by atoms with Crippen LogP contribution in [0.2, 0.25) is 5.02 Å². The number of nitrogens with zero attached hydrogens (tertiary/aromatic N) is 1. The third-order valence-corrected chi connectivity index (χ3v) is 7.35. The highest BCUT2D eigenvalue weighted by molar-refractivity contribution is 6.35. The minimum absolute atomic E-state index is 0.103. The molecule has 2 aromatic rings. The quantitative estimate of drug-likeness (QED) is 0.578. The number of likely N-dealkylation sites (tertiary alicyclic amines) is 1. The fourth-order valence-corrected chi connectivity index (χ4v) is 5.59. The number of ketones is 1. The first-order valence-electron chi connectivity index (χ1n) is 10.4. The molecule has 5 nitrogen and oxygen atoms in total. The molecule has 1 aromatic heterocycles. The third kappa shape index (κ3) is 3.34. The predicted molar refractivity (Wildman–Crippen MR) is 110 cm³/mol. The van der Waals surface area contributed by atoms with Crippen LogP contribution in [0.5, 0.6) is 0 Å². The Bertz CT molecular complexity index is 877. The number of anilines is 1. The molecule has 2 atom stereocenters. The van der Waals surface area contributed by atoms with Gasteiger partial charge in [0.1, 0.15) is 5.58 Å². The molecular weight excluding hydrogens is 376 g/mol. The molecule has 2 unspecified atom stereocenters. The lowest BCUT2D eigenvalue weighted by atomic mass is 9.99. The van der Waals surface area contributed by atoms with Crippen molar-refractivity contribution in [1.29, 1.82) is 0 Å². The van der Waals surface area contributed by atoms with Crippen molar-refractivity contribution in [3.05, 3.63) is 29.0 Å². The fourth-order valence-electron chi connectivity index (χ4n) is 5.38. The number of nitrogens with two attached hydrogens (primary N) is 1. The summed E-state index contributed by atoms with van der Waals surface area (Å²) in [7, 11) is 0. The van der Waals surface area contributed by atoms with Gasteiger partial charge >= 0.3 is 0 Å². The number of nitrogen functional groups attached to an aromatic ring is 1. The minimum atomic E-state index is 0.103. The van der Waals surface area contributed by atoms with E-state index in [2.05, 4.69) is 4.90 Å². The summed E-state index contributed by atoms with van der Waals surface area (Å²) in [6.07, 6.45) is 5.48. The van der Waals surface area contributed by atoms with Crippen molar-refractivity contribution in [1.82, 2.24) is 4.90 Å². The summed E-state index contributed by atoms with van der Waals surface area (Å²) in [5.74, 6) is 3.17. The summed E-state index contributed by atoms with van der Waals surface area (Å²) in [5, 5.41) is 1.15. The average Bonchev–Trinajstić information content (AvgIpc) is 3.07. The van der Waals surface area contributed by atoms with Crippen LogP contribution in [-0.4, -0.2) is 43.5 Å². The monoisotopic (exact) mass is 402 g/mol. The second-order valence-corrected chi connectivity index (χ2v) is 9.12. The molecule has 0 amide bonds. The zero-order valence-corrected chi connectivity index (χ0v) is 16.8. The maximum atomic E-state index is 12.8. The van der Waals surface area contributed by atoms with E-state index in [0.717, 1.165) is 42.8 Å². The lowest BCUT2D eigenvalue weighted by molar-refractivity contribution is 0.0535. The van der Waals surface area contributed by atoms with Gasteiger partial charge in [0.2, 0.25) is 0 Å². The van der Waals surface area contributed by atoms with Gasteiger partial charge < -0.3 is 19.8 Å². The van der Waals surface area contributed by atoms with E-state index in [1.54, 1.807) is 18.4 Å². The lowest BCUT2D eigenvalue weighted by Gasteiger charge is -2.28. The molecule has 3 aliphatic rings. The first kappa shape index (κ1) is 18.5. The molecule has 3 fully saturated rings. The first-order valence-corrected chi connectivity index (χ1v) is 10.8. The molecule has 1 aliphatic carbocycles. The van der Waals surface area contributed by atoms with Gasteiger partial charge in [0.25, 0.3) is 0 Å². The van der Waals surface area contributed by atoms with Gasteiger partial charge in [-0.15, -0.1) is 0 Å². The van der Waals surface area contributed by atoms with Crippen molar-refractivity contribution in [2.24, 2.45) is 23.7 Å². The molecule has 28 heavy (non-hydrogen) atoms. The second kappa shape index (κ2) is 7.36. The SMILES string of the molecule is Nc1c(Cl)cc(C(=O)CCC2C3CN(CC4CCOCC4)CC23)c2occc12. The number of carbonyl (C=O) groups is 1. The third-order valence-electron chi connectivity index (χ3n) is 7.04. The summed E-state index contributed by atoms with van der Waals surface area (Å²) < 4.78 is 11.0. The number of ether oxygens (including phenoxy) is 1. The van der Waals surface area contributed by atoms with Gasteiger partial charge in [-0.05, 0) is 55.1 Å². The fraction of sp³-hybridized carbons (Fsp3) is 0.591. The summed E-state index contributed by atoms with van der Waals surface area (Å²) in [5.41, 5.74) is 7.59. The maximum absolute atomic E-state index is 12.8. The zero-order chi connectivity index (χ0) is 19.3. The molecule has 6 heteroatoms. The number of benzene rings is 1. The van der Waals surface area contributed by atoms with Gasteiger partial charge in [-0.3, -0.25) is 4.79 Å². The Kier molecular flexibility index (Phi) is 4.85. The van der Waals surface area contributed by atoms with Crippen LogP contribution < -0.4 is 5.73 Å². The van der Waals surface area contributed by atoms with Gasteiger partial charge in [0.15, 0.2) is 5.78 Å². The lowest BCUT2D eigenvalue weighted by Crippen LogP contribution is -2.33. The Morgan fingerprint density at radius 1 is 1.25 bits per heavy atom. The number of halogens is 1. The highest BCUT2D eigenvalue weighted by atomic mass is 35.5. The molecule has 1 aromatic carbocycles. The van der Waals surface area contributed by atoms with E-state index in [9.17, 15) is 4.79 Å². The molecule has 2 aliphatic heterocycles. The van der Waals surface area contributed by atoms with Gasteiger partial charge in [0, 0.05) is 44.7 Å². The predicted octanol–water partition coefficient (Wildman–Crippen LogP) is 4.24. The van der Waals surface area contributed by atoms with Gasteiger partial charge in [0.05, 0.1) is 22.5 Å². The van der Waals surface area contributed by atoms with Crippen molar-refractivity contribution < 1.29 is 13.9 Å². The van der Waals surface area contributed by atoms with Crippen LogP contribution in [-0.2, 0) is 4.74 Å². The van der Waals surface area contributed by atoms with Crippen LogP contribution >= 0.6 is 11.6 Å². The Morgan fingerprint density at radius 2 is 2.00 bits per heavy atom. The average molecular weight is 403 g/mol. The molecule has 0 spiro atoms. The summed E-state index contributed by atoms with van der Waals surface area (Å²) in [6, 6.07) is 3.43. The van der Waals surface area contributed by atoms with Crippen LogP contribution in [0.3, 0.4) is 0 Å². The van der Waals surface area contributed by atoms with Gasteiger partial charge in [-0.1, -0.05) is 11.6 Å². The molecule has 2 N–H and O–H groups in total. The number of Topliss-reactive ketones (excluding diaryl/α,β-unsaturated/α-hetero) is 1. The van der Waals surface area contributed by atoms with Gasteiger partial charge in [-0.25, -0.2) is 0 Å². The topological polar surface area (TPSA) is 68.7 Å². The molecule has 0 radical (unpaired) electrons. The molecule has 2 saturated heterocycles.